The maximum atomic E-state index is 9.92. The van der Waals surface area contributed by atoms with Crippen LogP contribution in [0.5, 0.6) is 0 Å². The molecule has 4 heteroatoms. The normalized spacial score (nSPS) is 12.6. The van der Waals surface area contributed by atoms with Crippen LogP contribution in [-0.2, 0) is 0 Å². The fourth-order valence-corrected chi connectivity index (χ4v) is 1.86. The number of anilines is 1. The Labute approximate surface area is 86.0 Å². The molecule has 1 atom stereocenters. The summed E-state index contributed by atoms with van der Waals surface area (Å²) >= 11 is 1.29. The summed E-state index contributed by atoms with van der Waals surface area (Å²) in [5.74, 6) is 0. The molecule has 0 aliphatic heterocycles. The van der Waals surface area contributed by atoms with Crippen molar-refractivity contribution >= 4 is 17.2 Å². The van der Waals surface area contributed by atoms with Crippen molar-refractivity contribution in [1.82, 2.24) is 4.37 Å². The van der Waals surface area contributed by atoms with Crippen molar-refractivity contribution in [2.75, 3.05) is 5.73 Å². The lowest BCUT2D eigenvalue weighted by Gasteiger charge is -2.08. The number of nitrogen functional groups attached to an aromatic ring is 1. The molecule has 0 aliphatic carbocycles. The van der Waals surface area contributed by atoms with Gasteiger partial charge in [0.1, 0.15) is 6.10 Å². The largest absolute Gasteiger partial charge is 0.399 e. The molecule has 0 saturated carbocycles. The lowest BCUT2D eigenvalue weighted by molar-refractivity contribution is 0.224. The van der Waals surface area contributed by atoms with Gasteiger partial charge in [-0.15, -0.1) is 0 Å². The molecule has 1 heterocycles. The van der Waals surface area contributed by atoms with Crippen LogP contribution in [0, 0.1) is 0 Å². The molecule has 0 saturated heterocycles. The van der Waals surface area contributed by atoms with Crippen molar-refractivity contribution in [3.63, 3.8) is 0 Å². The zero-order chi connectivity index (χ0) is 9.97. The summed E-state index contributed by atoms with van der Waals surface area (Å²) < 4.78 is 3.94. The summed E-state index contributed by atoms with van der Waals surface area (Å²) in [5, 5.41) is 9.92. The van der Waals surface area contributed by atoms with Gasteiger partial charge < -0.3 is 10.8 Å². The molecular weight excluding hydrogens is 196 g/mol. The average molecular weight is 206 g/mol. The molecule has 1 aromatic heterocycles. The summed E-state index contributed by atoms with van der Waals surface area (Å²) in [5.41, 5.74) is 7.09. The smallest absolute Gasteiger partial charge is 0.115 e. The number of nitrogens with two attached hydrogens (primary N) is 1. The average Bonchev–Trinajstić information content (AvgIpc) is 2.69. The molecule has 72 valence electrons. The fraction of sp³-hybridized carbons (Fsp3) is 0.100. The van der Waals surface area contributed by atoms with Crippen molar-refractivity contribution in [3.05, 3.63) is 47.0 Å². The van der Waals surface area contributed by atoms with Gasteiger partial charge in [0.25, 0.3) is 0 Å². The molecule has 3 nitrogen and oxygen atoms in total. The summed E-state index contributed by atoms with van der Waals surface area (Å²) in [6.45, 7) is 0. The molecule has 2 aromatic rings. The van der Waals surface area contributed by atoms with Crippen LogP contribution in [0.3, 0.4) is 0 Å². The topological polar surface area (TPSA) is 59.1 Å². The Bertz CT molecular complexity index is 414. The highest BCUT2D eigenvalue weighted by atomic mass is 32.1. The van der Waals surface area contributed by atoms with E-state index in [1.165, 1.54) is 11.5 Å². The third kappa shape index (κ3) is 1.76. The van der Waals surface area contributed by atoms with E-state index in [4.69, 9.17) is 5.73 Å². The molecule has 2 rings (SSSR count). The zero-order valence-electron chi connectivity index (χ0n) is 7.42. The number of aliphatic hydroxyl groups excluding tert-OH is 1. The Hall–Kier alpha value is -1.39. The lowest BCUT2D eigenvalue weighted by atomic mass is 10.1. The minimum atomic E-state index is -0.619. The monoisotopic (exact) mass is 206 g/mol. The van der Waals surface area contributed by atoms with Crippen LogP contribution in [0.25, 0.3) is 0 Å². The predicted octanol–water partition coefficient (Wildman–Crippen LogP) is 1.81. The van der Waals surface area contributed by atoms with E-state index >= 15 is 0 Å². The van der Waals surface area contributed by atoms with Gasteiger partial charge in [-0.3, -0.25) is 0 Å². The zero-order valence-corrected chi connectivity index (χ0v) is 8.24. The van der Waals surface area contributed by atoms with Crippen molar-refractivity contribution < 1.29 is 5.11 Å². The van der Waals surface area contributed by atoms with Gasteiger partial charge in [-0.05, 0) is 35.3 Å². The Kier molecular flexibility index (Phi) is 2.47. The van der Waals surface area contributed by atoms with Crippen LogP contribution >= 0.6 is 11.5 Å². The number of aromatic nitrogens is 1. The van der Waals surface area contributed by atoms with E-state index < -0.39 is 6.10 Å². The minimum Gasteiger partial charge on any atom is -0.399 e. The highest BCUT2D eigenvalue weighted by Gasteiger charge is 2.11. The predicted molar refractivity (Wildman–Crippen MR) is 57.0 cm³/mol. The SMILES string of the molecule is Nc1cccc(C(O)c2ccns2)c1. The van der Waals surface area contributed by atoms with Gasteiger partial charge in [0, 0.05) is 11.9 Å². The van der Waals surface area contributed by atoms with Crippen LogP contribution in [0.15, 0.2) is 36.5 Å². The minimum absolute atomic E-state index is 0.619. The van der Waals surface area contributed by atoms with E-state index in [-0.39, 0.29) is 0 Å². The molecule has 1 unspecified atom stereocenters. The Morgan fingerprint density at radius 1 is 1.36 bits per heavy atom. The Morgan fingerprint density at radius 2 is 2.21 bits per heavy atom. The van der Waals surface area contributed by atoms with Crippen LogP contribution in [0.4, 0.5) is 5.69 Å². The van der Waals surface area contributed by atoms with Gasteiger partial charge in [0.2, 0.25) is 0 Å². The lowest BCUT2D eigenvalue weighted by Crippen LogP contribution is -1.97. The maximum absolute atomic E-state index is 9.92. The van der Waals surface area contributed by atoms with Gasteiger partial charge in [-0.2, -0.15) is 0 Å². The number of hydrogen-bond donors (Lipinski definition) is 2. The van der Waals surface area contributed by atoms with E-state index in [0.29, 0.717) is 5.69 Å². The van der Waals surface area contributed by atoms with Crippen molar-refractivity contribution in [3.8, 4) is 0 Å². The maximum Gasteiger partial charge on any atom is 0.115 e. The molecule has 1 aromatic carbocycles. The fourth-order valence-electron chi connectivity index (χ4n) is 1.26. The summed E-state index contributed by atoms with van der Waals surface area (Å²) in [6, 6.07) is 9.04. The van der Waals surface area contributed by atoms with Crippen LogP contribution in [-0.4, -0.2) is 9.48 Å². The second-order valence-corrected chi connectivity index (χ2v) is 3.85. The number of benzene rings is 1. The van der Waals surface area contributed by atoms with Crippen LogP contribution in [0.1, 0.15) is 16.5 Å². The molecule has 0 radical (unpaired) electrons. The van der Waals surface area contributed by atoms with Gasteiger partial charge in [-0.1, -0.05) is 12.1 Å². The number of hydrogen-bond acceptors (Lipinski definition) is 4. The highest BCUT2D eigenvalue weighted by molar-refractivity contribution is 7.05. The Morgan fingerprint density at radius 3 is 2.86 bits per heavy atom. The van der Waals surface area contributed by atoms with Crippen LogP contribution < -0.4 is 5.73 Å². The van der Waals surface area contributed by atoms with E-state index in [2.05, 4.69) is 4.37 Å². The first-order valence-electron chi connectivity index (χ1n) is 4.21. The number of aliphatic hydroxyl groups is 1. The first kappa shape index (κ1) is 9.18. The second-order valence-electron chi connectivity index (χ2n) is 2.99. The van der Waals surface area contributed by atoms with Gasteiger partial charge in [0.05, 0.1) is 4.88 Å². The van der Waals surface area contributed by atoms with E-state index in [9.17, 15) is 5.11 Å². The Balaban J connectivity index is 2.32. The van der Waals surface area contributed by atoms with Gasteiger partial charge >= 0.3 is 0 Å². The summed E-state index contributed by atoms with van der Waals surface area (Å²) in [4.78, 5) is 0.829. The second kappa shape index (κ2) is 3.77. The first-order chi connectivity index (χ1) is 6.77. The molecule has 0 spiro atoms. The molecule has 3 N–H and O–H groups in total. The molecule has 0 fully saturated rings. The standard InChI is InChI=1S/C10H10N2OS/c11-8-3-1-2-7(6-8)10(13)9-4-5-12-14-9/h1-6,10,13H,11H2. The number of rotatable bonds is 2. The summed E-state index contributed by atoms with van der Waals surface area (Å²) in [7, 11) is 0. The quantitative estimate of drug-likeness (QED) is 0.737. The summed E-state index contributed by atoms with van der Waals surface area (Å²) in [6.07, 6.45) is 1.06. The van der Waals surface area contributed by atoms with Crippen molar-refractivity contribution in [2.45, 2.75) is 6.10 Å². The van der Waals surface area contributed by atoms with E-state index in [1.807, 2.05) is 12.1 Å². The molecule has 0 aliphatic rings. The first-order valence-corrected chi connectivity index (χ1v) is 4.99. The highest BCUT2D eigenvalue weighted by Crippen LogP contribution is 2.25. The van der Waals surface area contributed by atoms with Crippen molar-refractivity contribution in [1.29, 1.82) is 0 Å². The van der Waals surface area contributed by atoms with Gasteiger partial charge in [0.15, 0.2) is 0 Å². The van der Waals surface area contributed by atoms with Crippen LogP contribution in [0.2, 0.25) is 0 Å². The number of nitrogens with zero attached hydrogens (tertiary/aromatic N) is 1. The van der Waals surface area contributed by atoms with E-state index in [1.54, 1.807) is 24.4 Å². The molecular formula is C10H10N2OS. The molecule has 0 bridgehead atoms. The molecule has 0 amide bonds. The van der Waals surface area contributed by atoms with Crippen molar-refractivity contribution in [2.24, 2.45) is 0 Å². The van der Waals surface area contributed by atoms with Gasteiger partial charge in [-0.25, -0.2) is 4.37 Å². The third-order valence-electron chi connectivity index (χ3n) is 1.95. The van der Waals surface area contributed by atoms with E-state index in [0.717, 1.165) is 10.4 Å². The third-order valence-corrected chi connectivity index (χ3v) is 2.75. The molecule has 14 heavy (non-hydrogen) atoms.